The van der Waals surface area contributed by atoms with Crippen LogP contribution in [0, 0.1) is 0 Å². The quantitative estimate of drug-likeness (QED) is 0.643. The standard InChI is InChI=1S/C16H15NO6S/c1-3-23-15(21)9(2)17-13(18)12(24-16(17)22)8-10-4-6-11(7-5-10)14(19)20/h4-9H,3H2,1-2H3,(H,19,20)/b12-8-. The Bertz CT molecular complexity index is 725. The predicted molar refractivity (Wildman–Crippen MR) is 87.3 cm³/mol. The average molecular weight is 349 g/mol. The normalized spacial score (nSPS) is 17.2. The van der Waals surface area contributed by atoms with Gasteiger partial charge in [-0.25, -0.2) is 9.59 Å². The minimum Gasteiger partial charge on any atom is -0.478 e. The van der Waals surface area contributed by atoms with Gasteiger partial charge in [0.2, 0.25) is 0 Å². The van der Waals surface area contributed by atoms with E-state index in [1.165, 1.54) is 37.3 Å². The Labute approximate surface area is 142 Å². The number of carbonyl (C=O) groups is 4. The molecule has 0 radical (unpaired) electrons. The molecule has 1 saturated heterocycles. The highest BCUT2D eigenvalue weighted by Gasteiger charge is 2.41. The maximum absolute atomic E-state index is 12.4. The molecule has 1 aliphatic rings. The van der Waals surface area contributed by atoms with Crippen molar-refractivity contribution in [2.24, 2.45) is 0 Å². The lowest BCUT2D eigenvalue weighted by Crippen LogP contribution is -2.42. The number of hydrogen-bond donors (Lipinski definition) is 1. The molecule has 1 aromatic carbocycles. The number of benzene rings is 1. The molecule has 0 saturated carbocycles. The van der Waals surface area contributed by atoms with E-state index < -0.39 is 29.1 Å². The summed E-state index contributed by atoms with van der Waals surface area (Å²) in [6.07, 6.45) is 1.48. The molecule has 0 bridgehead atoms. The largest absolute Gasteiger partial charge is 0.478 e. The number of ether oxygens (including phenoxy) is 1. The van der Waals surface area contributed by atoms with Crippen LogP contribution in [0.1, 0.15) is 29.8 Å². The van der Waals surface area contributed by atoms with Gasteiger partial charge in [-0.05, 0) is 49.4 Å². The summed E-state index contributed by atoms with van der Waals surface area (Å²) in [6, 6.07) is 4.87. The zero-order chi connectivity index (χ0) is 17.9. The maximum atomic E-state index is 12.4. The van der Waals surface area contributed by atoms with Gasteiger partial charge in [-0.15, -0.1) is 0 Å². The molecule has 24 heavy (non-hydrogen) atoms. The summed E-state index contributed by atoms with van der Waals surface area (Å²) in [4.78, 5) is 48.0. The molecule has 1 atom stereocenters. The summed E-state index contributed by atoms with van der Waals surface area (Å²) in [5, 5.41) is 8.31. The number of thioether (sulfide) groups is 1. The summed E-state index contributed by atoms with van der Waals surface area (Å²) in [7, 11) is 0. The first-order valence-electron chi connectivity index (χ1n) is 7.12. The molecule has 126 valence electrons. The van der Waals surface area contributed by atoms with E-state index in [9.17, 15) is 19.2 Å². The second-order valence-electron chi connectivity index (χ2n) is 4.91. The smallest absolute Gasteiger partial charge is 0.335 e. The van der Waals surface area contributed by atoms with Crippen molar-refractivity contribution in [1.29, 1.82) is 0 Å². The van der Waals surface area contributed by atoms with Crippen molar-refractivity contribution in [2.75, 3.05) is 6.61 Å². The van der Waals surface area contributed by atoms with Crippen LogP contribution in [-0.2, 0) is 14.3 Å². The van der Waals surface area contributed by atoms with E-state index in [0.29, 0.717) is 5.56 Å². The third kappa shape index (κ3) is 3.65. The number of esters is 1. The zero-order valence-corrected chi connectivity index (χ0v) is 13.8. The molecule has 1 heterocycles. The Morgan fingerprint density at radius 3 is 2.46 bits per heavy atom. The van der Waals surface area contributed by atoms with E-state index in [1.807, 2.05) is 0 Å². The summed E-state index contributed by atoms with van der Waals surface area (Å²) >= 11 is 0.725. The van der Waals surface area contributed by atoms with Gasteiger partial charge < -0.3 is 9.84 Å². The van der Waals surface area contributed by atoms with Gasteiger partial charge in [0, 0.05) is 0 Å². The van der Waals surface area contributed by atoms with Gasteiger partial charge >= 0.3 is 11.9 Å². The number of hydrogen-bond acceptors (Lipinski definition) is 6. The molecule has 2 rings (SSSR count). The fourth-order valence-electron chi connectivity index (χ4n) is 2.06. The second-order valence-corrected chi connectivity index (χ2v) is 5.90. The maximum Gasteiger partial charge on any atom is 0.335 e. The van der Waals surface area contributed by atoms with Gasteiger partial charge in [0.05, 0.1) is 17.1 Å². The highest BCUT2D eigenvalue weighted by Crippen LogP contribution is 2.33. The molecular formula is C16H15NO6S. The number of rotatable bonds is 5. The number of nitrogens with zero attached hydrogens (tertiary/aromatic N) is 1. The molecule has 0 aliphatic carbocycles. The van der Waals surface area contributed by atoms with Gasteiger partial charge in [0.1, 0.15) is 6.04 Å². The van der Waals surface area contributed by atoms with Crippen LogP contribution < -0.4 is 0 Å². The monoisotopic (exact) mass is 349 g/mol. The summed E-state index contributed by atoms with van der Waals surface area (Å²) in [5.41, 5.74) is 0.700. The summed E-state index contributed by atoms with van der Waals surface area (Å²) < 4.78 is 4.83. The highest BCUT2D eigenvalue weighted by atomic mass is 32.2. The lowest BCUT2D eigenvalue weighted by Gasteiger charge is -2.19. The zero-order valence-electron chi connectivity index (χ0n) is 13.0. The van der Waals surface area contributed by atoms with Crippen molar-refractivity contribution in [3.05, 3.63) is 40.3 Å². The number of carboxylic acids is 1. The Balaban J connectivity index is 2.21. The van der Waals surface area contributed by atoms with E-state index in [4.69, 9.17) is 9.84 Å². The van der Waals surface area contributed by atoms with E-state index in [1.54, 1.807) is 6.92 Å². The fraction of sp³-hybridized carbons (Fsp3) is 0.250. The molecule has 1 unspecified atom stereocenters. The molecule has 2 amide bonds. The summed E-state index contributed by atoms with van der Waals surface area (Å²) in [6.45, 7) is 3.23. The van der Waals surface area contributed by atoms with Crippen molar-refractivity contribution in [3.8, 4) is 0 Å². The number of amides is 2. The van der Waals surface area contributed by atoms with Crippen molar-refractivity contribution < 1.29 is 29.0 Å². The lowest BCUT2D eigenvalue weighted by atomic mass is 10.1. The van der Waals surface area contributed by atoms with Gasteiger partial charge in [0.15, 0.2) is 0 Å². The summed E-state index contributed by atoms with van der Waals surface area (Å²) in [5.74, 6) is -2.27. The third-order valence-electron chi connectivity index (χ3n) is 3.29. The molecule has 1 aromatic rings. The van der Waals surface area contributed by atoms with E-state index in [2.05, 4.69) is 0 Å². The van der Waals surface area contributed by atoms with Gasteiger partial charge in [0.25, 0.3) is 11.1 Å². The number of imide groups is 1. The molecule has 7 nitrogen and oxygen atoms in total. The van der Waals surface area contributed by atoms with Crippen LogP contribution in [0.3, 0.4) is 0 Å². The Morgan fingerprint density at radius 1 is 1.29 bits per heavy atom. The third-order valence-corrected chi connectivity index (χ3v) is 4.18. The average Bonchev–Trinajstić information content (AvgIpc) is 2.81. The Morgan fingerprint density at radius 2 is 1.92 bits per heavy atom. The van der Waals surface area contributed by atoms with Gasteiger partial charge in [-0.3, -0.25) is 14.5 Å². The SMILES string of the molecule is CCOC(=O)C(C)N1C(=O)S/C(=C\c2ccc(C(=O)O)cc2)C1=O. The molecule has 0 aromatic heterocycles. The number of carbonyl (C=O) groups excluding carboxylic acids is 3. The van der Waals surface area contributed by atoms with Crippen molar-refractivity contribution in [2.45, 2.75) is 19.9 Å². The Hall–Kier alpha value is -2.61. The lowest BCUT2D eigenvalue weighted by molar-refractivity contribution is -0.150. The molecule has 0 spiro atoms. The van der Waals surface area contributed by atoms with Gasteiger partial charge in [-0.1, -0.05) is 12.1 Å². The molecular weight excluding hydrogens is 334 g/mol. The number of aromatic carboxylic acids is 1. The molecule has 1 N–H and O–H groups in total. The topological polar surface area (TPSA) is 101 Å². The minimum atomic E-state index is -1.05. The number of carboxylic acid groups (broad SMARTS) is 1. The van der Waals surface area contributed by atoms with Crippen LogP contribution in [0.15, 0.2) is 29.2 Å². The van der Waals surface area contributed by atoms with Crippen molar-refractivity contribution in [3.63, 3.8) is 0 Å². The fourth-order valence-corrected chi connectivity index (χ4v) is 2.96. The molecule has 1 fully saturated rings. The van der Waals surface area contributed by atoms with Crippen LogP contribution in [0.2, 0.25) is 0 Å². The van der Waals surface area contributed by atoms with Crippen LogP contribution in [0.5, 0.6) is 0 Å². The predicted octanol–water partition coefficient (Wildman–Crippen LogP) is 2.37. The van der Waals surface area contributed by atoms with Crippen LogP contribution in [0.25, 0.3) is 6.08 Å². The minimum absolute atomic E-state index is 0.121. The highest BCUT2D eigenvalue weighted by molar-refractivity contribution is 8.18. The van der Waals surface area contributed by atoms with Crippen LogP contribution in [0.4, 0.5) is 4.79 Å². The molecule has 1 aliphatic heterocycles. The second kappa shape index (κ2) is 7.31. The molecule has 8 heteroatoms. The van der Waals surface area contributed by atoms with E-state index in [0.717, 1.165) is 16.7 Å². The van der Waals surface area contributed by atoms with Crippen LogP contribution >= 0.6 is 11.8 Å². The first-order valence-corrected chi connectivity index (χ1v) is 7.93. The van der Waals surface area contributed by atoms with Crippen LogP contribution in [-0.4, -0.2) is 45.7 Å². The first-order chi connectivity index (χ1) is 11.3. The van der Waals surface area contributed by atoms with Crippen molar-refractivity contribution in [1.82, 2.24) is 4.90 Å². The van der Waals surface area contributed by atoms with Gasteiger partial charge in [-0.2, -0.15) is 0 Å². The van der Waals surface area contributed by atoms with E-state index in [-0.39, 0.29) is 17.1 Å². The van der Waals surface area contributed by atoms with E-state index >= 15 is 0 Å². The van der Waals surface area contributed by atoms with Crippen molar-refractivity contribution >= 4 is 40.9 Å². The first kappa shape index (κ1) is 17.7. The Kier molecular flexibility index (Phi) is 5.40.